The number of hydrogen-bond donors (Lipinski definition) is 0. The van der Waals surface area contributed by atoms with E-state index in [0.717, 1.165) is 24.8 Å². The Morgan fingerprint density at radius 2 is 1.89 bits per heavy atom. The molecule has 0 unspecified atom stereocenters. The van der Waals surface area contributed by atoms with Crippen LogP contribution in [0.15, 0.2) is 4.52 Å². The van der Waals surface area contributed by atoms with E-state index in [0.29, 0.717) is 5.92 Å². The average molecular weight is 251 g/mol. The molecule has 0 radical (unpaired) electrons. The summed E-state index contributed by atoms with van der Waals surface area (Å²) in [6, 6.07) is 0.179. The molecule has 0 amide bonds. The van der Waals surface area contributed by atoms with Crippen LogP contribution in [0, 0.1) is 0 Å². The van der Waals surface area contributed by atoms with Crippen LogP contribution in [0.3, 0.4) is 0 Å². The third-order valence-electron chi connectivity index (χ3n) is 3.75. The summed E-state index contributed by atoms with van der Waals surface area (Å²) >= 11 is 0. The van der Waals surface area contributed by atoms with Crippen LogP contribution >= 0.6 is 0 Å². The van der Waals surface area contributed by atoms with Gasteiger partial charge in [-0.05, 0) is 33.6 Å². The van der Waals surface area contributed by atoms with Crippen molar-refractivity contribution in [1.82, 2.24) is 15.0 Å². The molecule has 0 bridgehead atoms. The van der Waals surface area contributed by atoms with Crippen LogP contribution in [-0.4, -0.2) is 40.3 Å². The van der Waals surface area contributed by atoms with Gasteiger partial charge < -0.3 is 9.26 Å². The third-order valence-corrected chi connectivity index (χ3v) is 3.75. The fourth-order valence-electron chi connectivity index (χ4n) is 2.61. The lowest BCUT2D eigenvalue weighted by Crippen LogP contribution is -2.46. The molecule has 100 valence electrons. The van der Waals surface area contributed by atoms with Crippen molar-refractivity contribution >= 4 is 0 Å². The number of nitrogens with zero attached hydrogens (tertiary/aromatic N) is 3. The van der Waals surface area contributed by atoms with Gasteiger partial charge in [-0.15, -0.1) is 0 Å². The quantitative estimate of drug-likeness (QED) is 0.823. The SMILES string of the molecule is C[C@@H]1CN([C@H](C)c2nc(C3CC3)no2)C[C@H](C)O1. The van der Waals surface area contributed by atoms with E-state index in [9.17, 15) is 0 Å². The van der Waals surface area contributed by atoms with Crippen LogP contribution in [0.4, 0.5) is 0 Å². The minimum atomic E-state index is 0.179. The number of rotatable bonds is 3. The van der Waals surface area contributed by atoms with Gasteiger partial charge in [0.1, 0.15) is 0 Å². The molecule has 2 heterocycles. The van der Waals surface area contributed by atoms with Crippen molar-refractivity contribution < 1.29 is 9.26 Å². The smallest absolute Gasteiger partial charge is 0.243 e. The molecule has 1 aliphatic heterocycles. The zero-order chi connectivity index (χ0) is 12.7. The molecule has 18 heavy (non-hydrogen) atoms. The summed E-state index contributed by atoms with van der Waals surface area (Å²) in [5, 5.41) is 4.09. The number of hydrogen-bond acceptors (Lipinski definition) is 5. The average Bonchev–Trinajstić information content (AvgIpc) is 3.05. The van der Waals surface area contributed by atoms with Crippen LogP contribution < -0.4 is 0 Å². The number of morpholine rings is 1. The van der Waals surface area contributed by atoms with Crippen molar-refractivity contribution in [3.63, 3.8) is 0 Å². The summed E-state index contributed by atoms with van der Waals surface area (Å²) in [5.41, 5.74) is 0. The Balaban J connectivity index is 1.69. The van der Waals surface area contributed by atoms with Gasteiger partial charge in [0.2, 0.25) is 5.89 Å². The Bertz CT molecular complexity index is 406. The van der Waals surface area contributed by atoms with E-state index in [1.807, 2.05) is 0 Å². The summed E-state index contributed by atoms with van der Waals surface area (Å²) in [7, 11) is 0. The number of aromatic nitrogens is 2. The van der Waals surface area contributed by atoms with E-state index >= 15 is 0 Å². The Labute approximate surface area is 107 Å². The van der Waals surface area contributed by atoms with Gasteiger partial charge in [-0.1, -0.05) is 5.16 Å². The molecule has 0 aromatic carbocycles. The first-order valence-corrected chi connectivity index (χ1v) is 6.86. The highest BCUT2D eigenvalue weighted by Crippen LogP contribution is 2.38. The predicted molar refractivity (Wildman–Crippen MR) is 66.3 cm³/mol. The Kier molecular flexibility index (Phi) is 3.11. The maximum atomic E-state index is 5.75. The Hall–Kier alpha value is -0.940. The van der Waals surface area contributed by atoms with Crippen molar-refractivity contribution in [1.29, 1.82) is 0 Å². The van der Waals surface area contributed by atoms with Crippen molar-refractivity contribution in [2.75, 3.05) is 13.1 Å². The molecule has 1 aliphatic carbocycles. The molecule has 2 fully saturated rings. The molecule has 1 saturated heterocycles. The zero-order valence-electron chi connectivity index (χ0n) is 11.3. The highest BCUT2D eigenvalue weighted by molar-refractivity contribution is 5.05. The van der Waals surface area contributed by atoms with Gasteiger partial charge in [-0.25, -0.2) is 0 Å². The zero-order valence-corrected chi connectivity index (χ0v) is 11.3. The minimum Gasteiger partial charge on any atom is -0.373 e. The van der Waals surface area contributed by atoms with Crippen LogP contribution in [0.5, 0.6) is 0 Å². The van der Waals surface area contributed by atoms with Gasteiger partial charge in [-0.2, -0.15) is 4.98 Å². The summed E-state index contributed by atoms with van der Waals surface area (Å²) < 4.78 is 11.2. The lowest BCUT2D eigenvalue weighted by atomic mass is 10.2. The predicted octanol–water partition coefficient (Wildman–Crippen LogP) is 2.12. The molecule has 1 aromatic rings. The molecule has 3 rings (SSSR count). The maximum absolute atomic E-state index is 5.75. The highest BCUT2D eigenvalue weighted by atomic mass is 16.5. The fourth-order valence-corrected chi connectivity index (χ4v) is 2.61. The van der Waals surface area contributed by atoms with Crippen molar-refractivity contribution in [2.45, 2.75) is 57.8 Å². The van der Waals surface area contributed by atoms with E-state index in [4.69, 9.17) is 9.26 Å². The van der Waals surface area contributed by atoms with Gasteiger partial charge in [0.15, 0.2) is 5.82 Å². The molecule has 1 aromatic heterocycles. The molecule has 1 saturated carbocycles. The van der Waals surface area contributed by atoms with E-state index < -0.39 is 0 Å². The first-order chi connectivity index (χ1) is 8.63. The lowest BCUT2D eigenvalue weighted by Gasteiger charge is -2.37. The largest absolute Gasteiger partial charge is 0.373 e. The van der Waals surface area contributed by atoms with Crippen molar-refractivity contribution in [2.24, 2.45) is 0 Å². The standard InChI is InChI=1S/C13H21N3O2/c1-8-6-16(7-9(2)17-8)10(3)13-14-12(15-18-13)11-4-5-11/h8-11H,4-7H2,1-3H3/t8-,9+,10-/m1/s1. The second kappa shape index (κ2) is 4.63. The summed E-state index contributed by atoms with van der Waals surface area (Å²) in [4.78, 5) is 6.90. The van der Waals surface area contributed by atoms with Crippen molar-refractivity contribution in [3.8, 4) is 0 Å². The summed E-state index contributed by atoms with van der Waals surface area (Å²) in [6.07, 6.45) is 2.95. The molecular weight excluding hydrogens is 230 g/mol. The molecule has 2 aliphatic rings. The van der Waals surface area contributed by atoms with Crippen LogP contribution in [0.25, 0.3) is 0 Å². The topological polar surface area (TPSA) is 51.4 Å². The Morgan fingerprint density at radius 1 is 1.22 bits per heavy atom. The van der Waals surface area contributed by atoms with Gasteiger partial charge in [-0.3, -0.25) is 4.90 Å². The second-order valence-electron chi connectivity index (χ2n) is 5.65. The van der Waals surface area contributed by atoms with Crippen LogP contribution in [-0.2, 0) is 4.74 Å². The Morgan fingerprint density at radius 3 is 2.50 bits per heavy atom. The first-order valence-electron chi connectivity index (χ1n) is 6.86. The van der Waals surface area contributed by atoms with Crippen molar-refractivity contribution in [3.05, 3.63) is 11.7 Å². The van der Waals surface area contributed by atoms with Crippen LogP contribution in [0.1, 0.15) is 57.3 Å². The molecular formula is C13H21N3O2. The van der Waals surface area contributed by atoms with Crippen LogP contribution in [0.2, 0.25) is 0 Å². The van der Waals surface area contributed by atoms with Gasteiger partial charge >= 0.3 is 0 Å². The highest BCUT2D eigenvalue weighted by Gasteiger charge is 2.32. The summed E-state index contributed by atoms with van der Waals surface area (Å²) in [6.45, 7) is 8.20. The minimum absolute atomic E-state index is 0.179. The van der Waals surface area contributed by atoms with Gasteiger partial charge in [0.25, 0.3) is 0 Å². The van der Waals surface area contributed by atoms with E-state index in [-0.39, 0.29) is 18.2 Å². The molecule has 3 atom stereocenters. The monoisotopic (exact) mass is 251 g/mol. The molecule has 5 heteroatoms. The fraction of sp³-hybridized carbons (Fsp3) is 0.846. The normalized spacial score (nSPS) is 31.5. The third kappa shape index (κ3) is 2.42. The van der Waals surface area contributed by atoms with Gasteiger partial charge in [0.05, 0.1) is 18.2 Å². The van der Waals surface area contributed by atoms with E-state index in [1.165, 1.54) is 12.8 Å². The van der Waals surface area contributed by atoms with E-state index in [2.05, 4.69) is 35.8 Å². The first kappa shape index (κ1) is 12.1. The number of ether oxygens (including phenoxy) is 1. The molecule has 5 nitrogen and oxygen atoms in total. The molecule has 0 N–H and O–H groups in total. The molecule has 0 spiro atoms. The maximum Gasteiger partial charge on any atom is 0.243 e. The van der Waals surface area contributed by atoms with E-state index in [1.54, 1.807) is 0 Å². The van der Waals surface area contributed by atoms with Gasteiger partial charge in [0, 0.05) is 19.0 Å². The summed E-state index contributed by atoms with van der Waals surface area (Å²) in [5.74, 6) is 2.20. The second-order valence-corrected chi connectivity index (χ2v) is 5.65. The lowest BCUT2D eigenvalue weighted by molar-refractivity contribution is -0.0818.